The highest BCUT2D eigenvalue weighted by molar-refractivity contribution is 9.10. The molecule has 1 rings (SSSR count). The molecule has 1 aromatic rings. The van der Waals surface area contributed by atoms with Gasteiger partial charge in [0.2, 0.25) is 0 Å². The van der Waals surface area contributed by atoms with Crippen molar-refractivity contribution in [2.75, 3.05) is 7.11 Å². The van der Waals surface area contributed by atoms with Crippen LogP contribution in [0, 0.1) is 6.92 Å². The van der Waals surface area contributed by atoms with Crippen molar-refractivity contribution >= 4 is 15.9 Å². The first-order valence-electron chi connectivity index (χ1n) is 5.06. The van der Waals surface area contributed by atoms with E-state index in [2.05, 4.69) is 15.9 Å². The van der Waals surface area contributed by atoms with Crippen LogP contribution in [0.5, 0.6) is 5.75 Å². The van der Waals surface area contributed by atoms with Gasteiger partial charge in [-0.15, -0.1) is 0 Å². The Kier molecular flexibility index (Phi) is 4.46. The molecule has 8 heteroatoms. The van der Waals surface area contributed by atoms with Crippen LogP contribution in [0.1, 0.15) is 17.2 Å². The lowest BCUT2D eigenvalue weighted by Crippen LogP contribution is -2.46. The average molecular weight is 348 g/mol. The Balaban J connectivity index is 3.34. The van der Waals surface area contributed by atoms with Crippen molar-refractivity contribution in [3.63, 3.8) is 0 Å². The normalized spacial score (nSPS) is 14.4. The first-order valence-corrected chi connectivity index (χ1v) is 5.85. The zero-order chi connectivity index (χ0) is 15.0. The maximum absolute atomic E-state index is 13.2. The monoisotopic (exact) mass is 347 g/mol. The molecule has 0 saturated carbocycles. The maximum Gasteiger partial charge on any atom is 0.455 e. The molecule has 0 aliphatic rings. The molecule has 1 atom stereocenters. The number of alkyl halides is 5. The number of halogens is 6. The summed E-state index contributed by atoms with van der Waals surface area (Å²) in [4.78, 5) is 0. The van der Waals surface area contributed by atoms with Crippen LogP contribution >= 0.6 is 15.9 Å². The van der Waals surface area contributed by atoms with Crippen molar-refractivity contribution in [3.05, 3.63) is 27.7 Å². The second-order valence-corrected chi connectivity index (χ2v) is 4.80. The quantitative estimate of drug-likeness (QED) is 0.840. The summed E-state index contributed by atoms with van der Waals surface area (Å²) >= 11 is 3.06. The smallest absolute Gasteiger partial charge is 0.455 e. The molecule has 0 fully saturated rings. The van der Waals surface area contributed by atoms with E-state index in [0.717, 1.165) is 6.07 Å². The summed E-state index contributed by atoms with van der Waals surface area (Å²) in [7, 11) is 1.17. The molecule has 1 unspecified atom stereocenters. The van der Waals surface area contributed by atoms with Crippen LogP contribution in [-0.4, -0.2) is 19.2 Å². The second kappa shape index (κ2) is 5.24. The number of rotatable bonds is 3. The topological polar surface area (TPSA) is 35.2 Å². The molecule has 2 nitrogen and oxygen atoms in total. The van der Waals surface area contributed by atoms with Crippen LogP contribution in [-0.2, 0) is 0 Å². The first kappa shape index (κ1) is 16.2. The van der Waals surface area contributed by atoms with E-state index in [0.29, 0.717) is 10.0 Å². The molecule has 0 heterocycles. The third-order valence-electron chi connectivity index (χ3n) is 2.61. The fraction of sp³-hybridized carbons (Fsp3) is 0.455. The fourth-order valence-corrected chi connectivity index (χ4v) is 1.82. The van der Waals surface area contributed by atoms with E-state index < -0.39 is 23.7 Å². The van der Waals surface area contributed by atoms with Gasteiger partial charge >= 0.3 is 12.1 Å². The summed E-state index contributed by atoms with van der Waals surface area (Å²) in [5.41, 5.74) is 5.30. The van der Waals surface area contributed by atoms with E-state index >= 15 is 0 Å². The van der Waals surface area contributed by atoms with Crippen LogP contribution in [0.2, 0.25) is 0 Å². The molecule has 0 radical (unpaired) electrons. The lowest BCUT2D eigenvalue weighted by Gasteiger charge is -2.27. The first-order chi connectivity index (χ1) is 8.52. The van der Waals surface area contributed by atoms with E-state index in [4.69, 9.17) is 10.5 Å². The second-order valence-electron chi connectivity index (χ2n) is 3.94. The number of nitrogens with two attached hydrogens (primary N) is 1. The predicted molar refractivity (Wildman–Crippen MR) is 63.4 cm³/mol. The van der Waals surface area contributed by atoms with Crippen LogP contribution in [0.3, 0.4) is 0 Å². The molecule has 2 N–H and O–H groups in total. The Bertz CT molecular complexity index is 475. The lowest BCUT2D eigenvalue weighted by atomic mass is 9.98. The fourth-order valence-electron chi connectivity index (χ4n) is 1.46. The van der Waals surface area contributed by atoms with Gasteiger partial charge in [0.25, 0.3) is 0 Å². The minimum Gasteiger partial charge on any atom is -0.496 e. The van der Waals surface area contributed by atoms with Crippen molar-refractivity contribution in [1.82, 2.24) is 0 Å². The third-order valence-corrected chi connectivity index (χ3v) is 3.47. The number of benzene rings is 1. The standard InChI is InChI=1S/C11H11BrF5NO/c1-5-3-8(19-2)6(4-7(5)12)9(18)10(13,14)11(15,16)17/h3-4,9H,18H2,1-2H3. The highest BCUT2D eigenvalue weighted by Crippen LogP contribution is 2.45. The Morgan fingerprint density at radius 3 is 2.16 bits per heavy atom. The third kappa shape index (κ3) is 3.00. The molecule has 0 amide bonds. The Morgan fingerprint density at radius 1 is 1.21 bits per heavy atom. The molecule has 0 spiro atoms. The average Bonchev–Trinajstić information content (AvgIpc) is 2.29. The summed E-state index contributed by atoms with van der Waals surface area (Å²) in [5.74, 6) is -5.16. The van der Waals surface area contributed by atoms with E-state index in [-0.39, 0.29) is 5.75 Å². The molecule has 0 aromatic heterocycles. The van der Waals surface area contributed by atoms with Crippen LogP contribution < -0.4 is 10.5 Å². The van der Waals surface area contributed by atoms with Gasteiger partial charge in [-0.3, -0.25) is 0 Å². The van der Waals surface area contributed by atoms with E-state index in [9.17, 15) is 22.0 Å². The van der Waals surface area contributed by atoms with E-state index in [1.807, 2.05) is 0 Å². The van der Waals surface area contributed by atoms with Gasteiger partial charge in [0.05, 0.1) is 7.11 Å². The van der Waals surface area contributed by atoms with Gasteiger partial charge in [0.15, 0.2) is 0 Å². The minimum absolute atomic E-state index is 0.114. The van der Waals surface area contributed by atoms with Gasteiger partial charge in [-0.25, -0.2) is 0 Å². The van der Waals surface area contributed by atoms with E-state index in [1.54, 1.807) is 6.92 Å². The highest BCUT2D eigenvalue weighted by Gasteiger charge is 2.62. The summed E-state index contributed by atoms with van der Waals surface area (Å²) in [6.07, 6.45) is -5.73. The Hall–Kier alpha value is -0.890. The SMILES string of the molecule is COc1cc(C)c(Br)cc1C(N)C(F)(F)C(F)(F)F. The molecule has 0 aliphatic heterocycles. The number of ether oxygens (including phenoxy) is 1. The van der Waals surface area contributed by atoms with Crippen molar-refractivity contribution in [2.24, 2.45) is 5.73 Å². The zero-order valence-corrected chi connectivity index (χ0v) is 11.6. The van der Waals surface area contributed by atoms with Crippen molar-refractivity contribution in [1.29, 1.82) is 0 Å². The lowest BCUT2D eigenvalue weighted by molar-refractivity contribution is -0.291. The van der Waals surface area contributed by atoms with Gasteiger partial charge in [-0.1, -0.05) is 15.9 Å². The van der Waals surface area contributed by atoms with Crippen molar-refractivity contribution in [3.8, 4) is 5.75 Å². The zero-order valence-electron chi connectivity index (χ0n) is 9.99. The number of hydrogen-bond acceptors (Lipinski definition) is 2. The van der Waals surface area contributed by atoms with Gasteiger partial charge in [0.1, 0.15) is 11.8 Å². The van der Waals surface area contributed by atoms with Gasteiger partial charge in [-0.2, -0.15) is 22.0 Å². The van der Waals surface area contributed by atoms with Gasteiger partial charge < -0.3 is 10.5 Å². The predicted octanol–water partition coefficient (Wildman–Crippen LogP) is 3.96. The highest BCUT2D eigenvalue weighted by atomic mass is 79.9. The number of aryl methyl sites for hydroxylation is 1. The summed E-state index contributed by atoms with van der Waals surface area (Å²) in [6.45, 7) is 1.64. The largest absolute Gasteiger partial charge is 0.496 e. The summed E-state index contributed by atoms with van der Waals surface area (Å²) in [6, 6.07) is -0.0936. The van der Waals surface area contributed by atoms with Crippen molar-refractivity contribution in [2.45, 2.75) is 25.1 Å². The van der Waals surface area contributed by atoms with Gasteiger partial charge in [-0.05, 0) is 24.6 Å². The molecule has 0 aliphatic carbocycles. The maximum atomic E-state index is 13.2. The van der Waals surface area contributed by atoms with Crippen LogP contribution in [0.4, 0.5) is 22.0 Å². The molecule has 0 saturated heterocycles. The molecule has 19 heavy (non-hydrogen) atoms. The molecular weight excluding hydrogens is 337 g/mol. The van der Waals surface area contributed by atoms with Crippen LogP contribution in [0.15, 0.2) is 16.6 Å². The molecule has 0 bridgehead atoms. The van der Waals surface area contributed by atoms with Crippen molar-refractivity contribution < 1.29 is 26.7 Å². The van der Waals surface area contributed by atoms with E-state index in [1.165, 1.54) is 13.2 Å². The number of methoxy groups -OCH3 is 1. The Morgan fingerprint density at radius 2 is 1.74 bits per heavy atom. The minimum atomic E-state index is -5.73. The summed E-state index contributed by atoms with van der Waals surface area (Å²) < 4.78 is 68.6. The van der Waals surface area contributed by atoms with Crippen LogP contribution in [0.25, 0.3) is 0 Å². The summed E-state index contributed by atoms with van der Waals surface area (Å²) in [5, 5.41) is 0. The molecular formula is C11H11BrF5NO. The van der Waals surface area contributed by atoms with Gasteiger partial charge in [0, 0.05) is 10.0 Å². The molecule has 1 aromatic carbocycles. The number of hydrogen-bond donors (Lipinski definition) is 1. The molecule has 108 valence electrons. The Labute approximate surface area is 114 Å².